The average molecular weight is 668 g/mol. The van der Waals surface area contributed by atoms with Gasteiger partial charge in [-0.3, -0.25) is 9.59 Å². The number of carbonyl (C=O) groups excluding carboxylic acids is 3. The molecule has 254 valence electrons. The molecule has 3 aromatic rings. The molecule has 0 spiro atoms. The zero-order chi connectivity index (χ0) is 33.9. The summed E-state index contributed by atoms with van der Waals surface area (Å²) >= 11 is 0. The number of alkyl halides is 5. The first kappa shape index (κ1) is 32.6. The lowest BCUT2D eigenvalue weighted by Crippen LogP contribution is -2.45. The Kier molecular flexibility index (Phi) is 7.90. The molecule has 2 saturated heterocycles. The monoisotopic (exact) mass is 667 g/mol. The maximum absolute atomic E-state index is 14.0. The molecule has 47 heavy (non-hydrogen) atoms. The van der Waals surface area contributed by atoms with E-state index in [1.165, 1.54) is 22.5 Å². The van der Waals surface area contributed by atoms with Crippen LogP contribution in [0.5, 0.6) is 0 Å². The maximum atomic E-state index is 14.0. The van der Waals surface area contributed by atoms with Gasteiger partial charge in [0.05, 0.1) is 35.1 Å². The number of rotatable bonds is 8. The van der Waals surface area contributed by atoms with Gasteiger partial charge in [-0.1, -0.05) is 5.16 Å². The number of hydrogen-bond donors (Lipinski definition) is 3. The Labute approximate surface area is 265 Å². The van der Waals surface area contributed by atoms with Gasteiger partial charge < -0.3 is 20.9 Å². The van der Waals surface area contributed by atoms with Crippen molar-refractivity contribution in [3.8, 4) is 0 Å². The van der Waals surface area contributed by atoms with E-state index < -0.39 is 65.3 Å². The predicted molar refractivity (Wildman–Crippen MR) is 152 cm³/mol. The molecule has 18 heteroatoms. The van der Waals surface area contributed by atoms with Crippen LogP contribution in [0.15, 0.2) is 23.1 Å². The summed E-state index contributed by atoms with van der Waals surface area (Å²) in [4.78, 5) is 45.1. The van der Waals surface area contributed by atoms with E-state index in [1.54, 1.807) is 26.1 Å². The number of nitrogens with zero attached hydrogens (tertiary/aromatic N) is 6. The van der Waals surface area contributed by atoms with Crippen molar-refractivity contribution in [2.45, 2.75) is 89.0 Å². The number of urea groups is 1. The van der Waals surface area contributed by atoms with Crippen molar-refractivity contribution in [1.29, 1.82) is 0 Å². The Bertz CT molecular complexity index is 1700. The van der Waals surface area contributed by atoms with Crippen LogP contribution < -0.4 is 16.0 Å². The van der Waals surface area contributed by atoms with E-state index in [2.05, 4.69) is 41.0 Å². The van der Waals surface area contributed by atoms with Crippen molar-refractivity contribution in [2.24, 2.45) is 11.3 Å². The first-order valence-electron chi connectivity index (χ1n) is 15.2. The second-order valence-corrected chi connectivity index (χ2v) is 13.6. The number of carbonyl (C=O) groups is 3. The van der Waals surface area contributed by atoms with E-state index in [9.17, 15) is 36.3 Å². The van der Waals surface area contributed by atoms with Crippen molar-refractivity contribution in [3.63, 3.8) is 0 Å². The fourth-order valence-corrected chi connectivity index (χ4v) is 6.89. The molecule has 13 nitrogen and oxygen atoms in total. The molecular weight excluding hydrogens is 633 g/mol. The molecule has 3 fully saturated rings. The summed E-state index contributed by atoms with van der Waals surface area (Å²) in [5.74, 6) is -4.66. The number of halogens is 5. The number of fused-ring (bicyclic) bond motifs is 1. The molecule has 3 aliphatic rings. The Morgan fingerprint density at radius 2 is 1.91 bits per heavy atom. The zero-order valence-electron chi connectivity index (χ0n) is 25.8. The highest BCUT2D eigenvalue weighted by atomic mass is 19.4. The van der Waals surface area contributed by atoms with Crippen LogP contribution in [0.2, 0.25) is 0 Å². The largest absolute Gasteiger partial charge is 0.408 e. The molecule has 0 aromatic carbocycles. The molecule has 6 rings (SSSR count). The fourth-order valence-electron chi connectivity index (χ4n) is 6.89. The van der Waals surface area contributed by atoms with Gasteiger partial charge in [0.1, 0.15) is 11.7 Å². The first-order chi connectivity index (χ1) is 21.9. The fraction of sp³-hybridized carbons (Fsp3) is 0.621. The summed E-state index contributed by atoms with van der Waals surface area (Å²) in [6.45, 7) is 5.03. The normalized spacial score (nSPS) is 25.2. The standard InChI is InChI=1S/C29H34F5N9O4/c1-15-21(41-47-40-15)23(44)38-22(17-4-6-28(30,31)7-5-17)18-12-43-20(36-18)8-16(11-35-43)9-27(10-19(29(32,33)34)37-24(27)45)14-42-13-26(2,3)39-25(42)46/h8,11-12,17,19,22H,4-7,9-10,13-14H2,1-3H3,(H,37,45)(H,38,44)(H,39,46)/t19-,22-,27-/m0/s1. The van der Waals surface area contributed by atoms with E-state index in [-0.39, 0.29) is 62.2 Å². The van der Waals surface area contributed by atoms with E-state index in [4.69, 9.17) is 0 Å². The van der Waals surface area contributed by atoms with Gasteiger partial charge in [0.15, 0.2) is 11.3 Å². The second kappa shape index (κ2) is 11.4. The molecule has 4 amide bonds. The minimum absolute atomic E-state index is 0.0623. The summed E-state index contributed by atoms with van der Waals surface area (Å²) < 4.78 is 75.5. The third-order valence-corrected chi connectivity index (χ3v) is 9.23. The molecular formula is C29H34F5N9O4. The molecule has 3 atom stereocenters. The lowest BCUT2D eigenvalue weighted by molar-refractivity contribution is -0.155. The Morgan fingerprint density at radius 3 is 2.51 bits per heavy atom. The Balaban J connectivity index is 1.30. The minimum atomic E-state index is -4.69. The van der Waals surface area contributed by atoms with Crippen molar-refractivity contribution < 1.29 is 41.0 Å². The summed E-state index contributed by atoms with van der Waals surface area (Å²) in [6, 6.07) is -1.80. The maximum Gasteiger partial charge on any atom is 0.408 e. The van der Waals surface area contributed by atoms with E-state index in [1.807, 2.05) is 0 Å². The van der Waals surface area contributed by atoms with Gasteiger partial charge >= 0.3 is 12.2 Å². The van der Waals surface area contributed by atoms with E-state index in [0.717, 1.165) is 0 Å². The SMILES string of the molecule is Cc1nonc1C(=O)N[C@H](c1cn2ncc(C[C@@]3(CN4CC(C)(C)NC4=O)C[C@@H](C(F)(F)F)NC3=O)cc2n1)C1CCC(F)(F)CC1. The minimum Gasteiger partial charge on any atom is -0.344 e. The topological polar surface area (TPSA) is 160 Å². The highest BCUT2D eigenvalue weighted by Crippen LogP contribution is 2.43. The van der Waals surface area contributed by atoms with Gasteiger partial charge in [-0.2, -0.15) is 18.3 Å². The van der Waals surface area contributed by atoms with E-state index in [0.29, 0.717) is 11.3 Å². The summed E-state index contributed by atoms with van der Waals surface area (Å²) in [5.41, 5.74) is -1.08. The molecule has 5 heterocycles. The predicted octanol–water partition coefficient (Wildman–Crippen LogP) is 3.50. The lowest BCUT2D eigenvalue weighted by atomic mass is 9.78. The molecule has 1 aliphatic carbocycles. The first-order valence-corrected chi connectivity index (χ1v) is 15.2. The van der Waals surface area contributed by atoms with Crippen LogP contribution in [-0.4, -0.2) is 84.4 Å². The van der Waals surface area contributed by atoms with Gasteiger partial charge in [0.2, 0.25) is 11.8 Å². The van der Waals surface area contributed by atoms with Gasteiger partial charge in [0.25, 0.3) is 5.91 Å². The number of hydrogen-bond acceptors (Lipinski definition) is 8. The number of imidazole rings is 1. The van der Waals surface area contributed by atoms with Gasteiger partial charge in [-0.05, 0) is 69.2 Å². The zero-order valence-corrected chi connectivity index (χ0v) is 25.8. The van der Waals surface area contributed by atoms with Crippen LogP contribution in [0.3, 0.4) is 0 Å². The smallest absolute Gasteiger partial charge is 0.344 e. The Hall–Kier alpha value is -4.38. The molecule has 3 N–H and O–H groups in total. The van der Waals surface area contributed by atoms with Crippen LogP contribution in [0.4, 0.5) is 26.7 Å². The van der Waals surface area contributed by atoms with Crippen LogP contribution in [0.1, 0.15) is 79.4 Å². The quantitative estimate of drug-likeness (QED) is 0.308. The van der Waals surface area contributed by atoms with Gasteiger partial charge in [-0.15, -0.1) is 0 Å². The summed E-state index contributed by atoms with van der Waals surface area (Å²) in [7, 11) is 0. The number of aromatic nitrogens is 5. The number of aryl methyl sites for hydroxylation is 1. The third kappa shape index (κ3) is 6.58. The number of amides is 4. The molecule has 0 radical (unpaired) electrons. The van der Waals surface area contributed by atoms with Crippen molar-refractivity contribution in [2.75, 3.05) is 13.1 Å². The lowest BCUT2D eigenvalue weighted by Gasteiger charge is -2.33. The average Bonchev–Trinajstić information content (AvgIpc) is 3.72. The van der Waals surface area contributed by atoms with Crippen molar-refractivity contribution >= 4 is 23.5 Å². The van der Waals surface area contributed by atoms with Crippen LogP contribution in [0.25, 0.3) is 5.65 Å². The Morgan fingerprint density at radius 1 is 1.19 bits per heavy atom. The van der Waals surface area contributed by atoms with E-state index >= 15 is 0 Å². The van der Waals surface area contributed by atoms with Crippen LogP contribution in [0, 0.1) is 18.3 Å². The molecule has 1 saturated carbocycles. The summed E-state index contributed by atoms with van der Waals surface area (Å²) in [6.07, 6.45) is -3.00. The molecule has 2 aliphatic heterocycles. The van der Waals surface area contributed by atoms with Crippen LogP contribution in [-0.2, 0) is 11.2 Å². The number of nitrogens with one attached hydrogen (secondary N) is 3. The molecule has 3 aromatic heterocycles. The van der Waals surface area contributed by atoms with Gasteiger partial charge in [0, 0.05) is 25.9 Å². The molecule has 0 bridgehead atoms. The van der Waals surface area contributed by atoms with Crippen molar-refractivity contribution in [3.05, 3.63) is 41.1 Å². The summed E-state index contributed by atoms with van der Waals surface area (Å²) in [5, 5.41) is 19.3. The molecule has 0 unspecified atom stereocenters. The highest BCUT2D eigenvalue weighted by Gasteiger charge is 2.57. The van der Waals surface area contributed by atoms with Crippen molar-refractivity contribution in [1.82, 2.24) is 45.8 Å². The van der Waals surface area contributed by atoms with Crippen LogP contribution >= 0.6 is 0 Å². The third-order valence-electron chi connectivity index (χ3n) is 9.23. The second-order valence-electron chi connectivity index (χ2n) is 13.6. The highest BCUT2D eigenvalue weighted by molar-refractivity contribution is 5.93. The van der Waals surface area contributed by atoms with Gasteiger partial charge in [-0.25, -0.2) is 27.7 Å².